The summed E-state index contributed by atoms with van der Waals surface area (Å²) >= 11 is 0. The monoisotopic (exact) mass is 236 g/mol. The number of H-pyrrole nitrogens is 1. The van der Waals surface area contributed by atoms with Gasteiger partial charge in [0, 0.05) is 12.3 Å². The predicted molar refractivity (Wildman–Crippen MR) is 60.8 cm³/mol. The summed E-state index contributed by atoms with van der Waals surface area (Å²) in [7, 11) is 0. The van der Waals surface area contributed by atoms with Crippen LogP contribution in [0.1, 0.15) is 16.8 Å². The maximum atomic E-state index is 11.6. The van der Waals surface area contributed by atoms with Crippen LogP contribution in [0.2, 0.25) is 0 Å². The normalized spacial score (nSPS) is 11.5. The number of amides is 1. The second kappa shape index (κ2) is 5.64. The van der Waals surface area contributed by atoms with Gasteiger partial charge in [-0.05, 0) is 12.5 Å². The Morgan fingerprint density at radius 3 is 2.71 bits per heavy atom. The Labute approximate surface area is 97.0 Å². The van der Waals surface area contributed by atoms with Gasteiger partial charge in [0.15, 0.2) is 0 Å². The van der Waals surface area contributed by atoms with E-state index in [1.54, 1.807) is 0 Å². The van der Waals surface area contributed by atoms with Gasteiger partial charge in [-0.15, -0.1) is 6.58 Å². The van der Waals surface area contributed by atoms with Crippen molar-refractivity contribution in [1.82, 2.24) is 10.3 Å². The van der Waals surface area contributed by atoms with E-state index in [4.69, 9.17) is 5.11 Å². The van der Waals surface area contributed by atoms with Crippen molar-refractivity contribution in [2.75, 3.05) is 0 Å². The number of carbonyl (C=O) groups excluding carboxylic acids is 1. The Morgan fingerprint density at radius 1 is 1.53 bits per heavy atom. The van der Waals surface area contributed by atoms with Crippen molar-refractivity contribution in [3.63, 3.8) is 0 Å². The number of hydrogen-bond donors (Lipinski definition) is 3. The Morgan fingerprint density at radius 2 is 2.24 bits per heavy atom. The van der Waals surface area contributed by atoms with E-state index in [0.29, 0.717) is 0 Å². The van der Waals surface area contributed by atoms with Crippen molar-refractivity contribution in [3.8, 4) is 0 Å². The van der Waals surface area contributed by atoms with E-state index in [2.05, 4.69) is 16.9 Å². The number of carbonyl (C=O) groups is 2. The number of aromatic amines is 1. The molecular formula is C11H12N2O4. The van der Waals surface area contributed by atoms with Crippen LogP contribution in [-0.4, -0.2) is 28.0 Å². The number of nitrogens with one attached hydrogen (secondary N) is 2. The fourth-order valence-electron chi connectivity index (χ4n) is 1.18. The van der Waals surface area contributed by atoms with Crippen LogP contribution in [0.4, 0.5) is 0 Å². The first-order valence-electron chi connectivity index (χ1n) is 4.88. The average Bonchev–Trinajstić information content (AvgIpc) is 2.29. The summed E-state index contributed by atoms with van der Waals surface area (Å²) in [6.45, 7) is 3.41. The molecule has 1 amide bonds. The van der Waals surface area contributed by atoms with Crippen molar-refractivity contribution >= 4 is 11.9 Å². The van der Waals surface area contributed by atoms with E-state index in [1.807, 2.05) is 0 Å². The molecule has 0 radical (unpaired) electrons. The number of carboxylic acid groups (broad SMARTS) is 1. The molecule has 0 aliphatic heterocycles. The van der Waals surface area contributed by atoms with E-state index in [-0.39, 0.29) is 17.5 Å². The Bertz CT molecular complexity index is 472. The molecular weight excluding hydrogens is 224 g/mol. The Hall–Kier alpha value is -2.37. The van der Waals surface area contributed by atoms with Gasteiger partial charge < -0.3 is 15.4 Å². The summed E-state index contributed by atoms with van der Waals surface area (Å²) in [5.41, 5.74) is -0.137. The summed E-state index contributed by atoms with van der Waals surface area (Å²) in [5.74, 6) is -1.70. The molecule has 1 rings (SSSR count). The lowest BCUT2D eigenvalue weighted by molar-refractivity contribution is -0.139. The topological polar surface area (TPSA) is 99.3 Å². The van der Waals surface area contributed by atoms with Gasteiger partial charge in [0.2, 0.25) is 5.56 Å². The SMILES string of the molecule is C=CCC(NC(=O)c1ccc(=O)[nH]c1)C(=O)O. The second-order valence-electron chi connectivity index (χ2n) is 3.33. The summed E-state index contributed by atoms with van der Waals surface area (Å²) in [5, 5.41) is 11.1. The minimum Gasteiger partial charge on any atom is -0.480 e. The fraction of sp³-hybridized carbons (Fsp3) is 0.182. The summed E-state index contributed by atoms with van der Waals surface area (Å²) in [4.78, 5) is 35.5. The highest BCUT2D eigenvalue weighted by atomic mass is 16.4. The minimum atomic E-state index is -1.14. The highest BCUT2D eigenvalue weighted by molar-refractivity contribution is 5.96. The molecule has 1 heterocycles. The Kier molecular flexibility index (Phi) is 4.21. The van der Waals surface area contributed by atoms with E-state index in [9.17, 15) is 14.4 Å². The molecule has 1 aromatic heterocycles. The molecule has 17 heavy (non-hydrogen) atoms. The van der Waals surface area contributed by atoms with Crippen LogP contribution >= 0.6 is 0 Å². The van der Waals surface area contributed by atoms with Crippen molar-refractivity contribution in [1.29, 1.82) is 0 Å². The third kappa shape index (κ3) is 3.60. The van der Waals surface area contributed by atoms with Crippen molar-refractivity contribution in [2.24, 2.45) is 0 Å². The largest absolute Gasteiger partial charge is 0.480 e. The van der Waals surface area contributed by atoms with Crippen molar-refractivity contribution in [2.45, 2.75) is 12.5 Å². The van der Waals surface area contributed by atoms with Crippen LogP contribution in [-0.2, 0) is 4.79 Å². The van der Waals surface area contributed by atoms with E-state index < -0.39 is 17.9 Å². The van der Waals surface area contributed by atoms with Crippen LogP contribution in [0.3, 0.4) is 0 Å². The van der Waals surface area contributed by atoms with Gasteiger partial charge in [0.25, 0.3) is 5.91 Å². The van der Waals surface area contributed by atoms with E-state index in [0.717, 1.165) is 0 Å². The van der Waals surface area contributed by atoms with Gasteiger partial charge in [-0.1, -0.05) is 6.08 Å². The Balaban J connectivity index is 2.76. The fourth-order valence-corrected chi connectivity index (χ4v) is 1.18. The van der Waals surface area contributed by atoms with Gasteiger partial charge in [-0.3, -0.25) is 9.59 Å². The number of rotatable bonds is 5. The van der Waals surface area contributed by atoms with Crippen LogP contribution in [0.25, 0.3) is 0 Å². The van der Waals surface area contributed by atoms with E-state index >= 15 is 0 Å². The molecule has 1 unspecified atom stereocenters. The van der Waals surface area contributed by atoms with Crippen molar-refractivity contribution in [3.05, 3.63) is 46.9 Å². The van der Waals surface area contributed by atoms with Gasteiger partial charge in [-0.2, -0.15) is 0 Å². The zero-order valence-corrected chi connectivity index (χ0v) is 8.97. The first-order valence-corrected chi connectivity index (χ1v) is 4.88. The first-order chi connectivity index (χ1) is 8.04. The molecule has 6 heteroatoms. The molecule has 0 saturated carbocycles. The molecule has 0 spiro atoms. The first kappa shape index (κ1) is 12.7. The molecule has 1 aromatic rings. The molecule has 0 aliphatic carbocycles. The standard InChI is InChI=1S/C11H12N2O4/c1-2-3-8(11(16)17)13-10(15)7-4-5-9(14)12-6-7/h2,4-6,8H,1,3H2,(H,12,14)(H,13,15)(H,16,17). The molecule has 0 saturated heterocycles. The number of aromatic nitrogens is 1. The number of aliphatic carboxylic acids is 1. The van der Waals surface area contributed by atoms with Gasteiger partial charge in [0.05, 0.1) is 5.56 Å². The van der Waals surface area contributed by atoms with Gasteiger partial charge >= 0.3 is 5.97 Å². The third-order valence-corrected chi connectivity index (χ3v) is 2.05. The molecule has 1 atom stereocenters. The van der Waals surface area contributed by atoms with Crippen LogP contribution in [0.5, 0.6) is 0 Å². The quantitative estimate of drug-likeness (QED) is 0.633. The zero-order valence-electron chi connectivity index (χ0n) is 8.97. The summed E-state index contributed by atoms with van der Waals surface area (Å²) < 4.78 is 0. The molecule has 0 bridgehead atoms. The molecule has 90 valence electrons. The summed E-state index contributed by atoms with van der Waals surface area (Å²) in [6.07, 6.45) is 2.76. The lowest BCUT2D eigenvalue weighted by Crippen LogP contribution is -2.40. The molecule has 0 fully saturated rings. The number of hydrogen-bond acceptors (Lipinski definition) is 3. The van der Waals surface area contributed by atoms with Crippen LogP contribution in [0, 0.1) is 0 Å². The second-order valence-corrected chi connectivity index (χ2v) is 3.33. The van der Waals surface area contributed by atoms with Crippen LogP contribution in [0.15, 0.2) is 35.8 Å². The zero-order chi connectivity index (χ0) is 12.8. The summed E-state index contributed by atoms with van der Waals surface area (Å²) in [6, 6.07) is 1.49. The smallest absolute Gasteiger partial charge is 0.326 e. The van der Waals surface area contributed by atoms with Gasteiger partial charge in [0.1, 0.15) is 6.04 Å². The highest BCUT2D eigenvalue weighted by Crippen LogP contribution is 1.98. The third-order valence-electron chi connectivity index (χ3n) is 2.05. The maximum Gasteiger partial charge on any atom is 0.326 e. The lowest BCUT2D eigenvalue weighted by atomic mass is 10.2. The number of carboxylic acids is 1. The molecule has 3 N–H and O–H groups in total. The average molecular weight is 236 g/mol. The highest BCUT2D eigenvalue weighted by Gasteiger charge is 2.18. The molecule has 6 nitrogen and oxygen atoms in total. The minimum absolute atomic E-state index is 0.129. The van der Waals surface area contributed by atoms with Gasteiger partial charge in [-0.25, -0.2) is 4.79 Å². The van der Waals surface area contributed by atoms with E-state index in [1.165, 1.54) is 24.4 Å². The molecule has 0 aliphatic rings. The maximum absolute atomic E-state index is 11.6. The predicted octanol–water partition coefficient (Wildman–Crippen LogP) is 0.134. The molecule has 0 aromatic carbocycles. The van der Waals surface area contributed by atoms with Crippen molar-refractivity contribution < 1.29 is 14.7 Å². The number of pyridine rings is 1. The lowest BCUT2D eigenvalue weighted by Gasteiger charge is -2.12. The van der Waals surface area contributed by atoms with Crippen LogP contribution < -0.4 is 10.9 Å².